The summed E-state index contributed by atoms with van der Waals surface area (Å²) >= 11 is 0. The van der Waals surface area contributed by atoms with Crippen LogP contribution in [0.25, 0.3) is 11.1 Å². The summed E-state index contributed by atoms with van der Waals surface area (Å²) in [5.74, 6) is 0. The van der Waals surface area contributed by atoms with E-state index in [1.54, 1.807) is 11.1 Å². The van der Waals surface area contributed by atoms with E-state index in [-0.39, 0.29) is 0 Å². The molecule has 0 bridgehead atoms. The molecule has 104 valence electrons. The molecule has 0 saturated carbocycles. The average molecular weight is 267 g/mol. The Hall–Kier alpha value is -1.61. The van der Waals surface area contributed by atoms with Crippen molar-refractivity contribution in [2.75, 3.05) is 6.54 Å². The monoisotopic (exact) mass is 267 g/mol. The highest BCUT2D eigenvalue weighted by Crippen LogP contribution is 2.33. The molecule has 2 heterocycles. The summed E-state index contributed by atoms with van der Waals surface area (Å²) in [7, 11) is 0. The fourth-order valence-electron chi connectivity index (χ4n) is 3.62. The topological polar surface area (TPSA) is 40.7 Å². The summed E-state index contributed by atoms with van der Waals surface area (Å²) < 4.78 is 0. The van der Waals surface area contributed by atoms with Gasteiger partial charge in [-0.3, -0.25) is 5.10 Å². The summed E-state index contributed by atoms with van der Waals surface area (Å²) in [6.07, 6.45) is 9.61. The zero-order valence-corrected chi connectivity index (χ0v) is 11.8. The summed E-state index contributed by atoms with van der Waals surface area (Å²) in [6.45, 7) is 1.12. The van der Waals surface area contributed by atoms with Gasteiger partial charge in [-0.1, -0.05) is 18.2 Å². The van der Waals surface area contributed by atoms with Gasteiger partial charge in [-0.2, -0.15) is 5.10 Å². The average Bonchev–Trinajstić information content (AvgIpc) is 3.17. The minimum atomic E-state index is 0.448. The molecule has 1 saturated heterocycles. The number of hydrogen-bond donors (Lipinski definition) is 2. The molecule has 1 aromatic heterocycles. The number of hydrogen-bond acceptors (Lipinski definition) is 2. The van der Waals surface area contributed by atoms with Crippen LogP contribution in [0, 0.1) is 0 Å². The Morgan fingerprint density at radius 2 is 1.95 bits per heavy atom. The van der Waals surface area contributed by atoms with E-state index in [2.05, 4.69) is 33.7 Å². The normalized spacial score (nSPS) is 21.9. The van der Waals surface area contributed by atoms with Crippen LogP contribution in [0.1, 0.15) is 48.5 Å². The molecule has 3 nitrogen and oxygen atoms in total. The van der Waals surface area contributed by atoms with Crippen molar-refractivity contribution >= 4 is 0 Å². The zero-order chi connectivity index (χ0) is 13.4. The van der Waals surface area contributed by atoms with Gasteiger partial charge >= 0.3 is 0 Å². The maximum atomic E-state index is 4.29. The van der Waals surface area contributed by atoms with Gasteiger partial charge in [-0.15, -0.1) is 0 Å². The molecule has 0 amide bonds. The maximum absolute atomic E-state index is 4.29. The molecule has 3 heteroatoms. The van der Waals surface area contributed by atoms with E-state index in [0.717, 1.165) is 6.54 Å². The molecular formula is C17H21N3. The quantitative estimate of drug-likeness (QED) is 0.875. The lowest BCUT2D eigenvalue weighted by Crippen LogP contribution is -2.14. The number of aromatic amines is 1. The third-order valence-electron chi connectivity index (χ3n) is 4.74. The largest absolute Gasteiger partial charge is 0.309 e. The lowest BCUT2D eigenvalue weighted by atomic mass is 9.89. The van der Waals surface area contributed by atoms with Gasteiger partial charge in [-0.05, 0) is 61.8 Å². The summed E-state index contributed by atoms with van der Waals surface area (Å²) in [5.41, 5.74) is 6.95. The minimum Gasteiger partial charge on any atom is -0.309 e. The number of H-pyrrole nitrogens is 1. The van der Waals surface area contributed by atoms with Crippen LogP contribution in [-0.4, -0.2) is 16.7 Å². The van der Waals surface area contributed by atoms with Gasteiger partial charge in [-0.25, -0.2) is 0 Å². The van der Waals surface area contributed by atoms with Crippen LogP contribution in [0.5, 0.6) is 0 Å². The van der Waals surface area contributed by atoms with Crippen LogP contribution in [0.3, 0.4) is 0 Å². The first-order chi connectivity index (χ1) is 9.92. The van der Waals surface area contributed by atoms with Gasteiger partial charge in [0.05, 0.1) is 11.9 Å². The van der Waals surface area contributed by atoms with Crippen molar-refractivity contribution in [1.29, 1.82) is 0 Å². The Labute approximate surface area is 119 Å². The molecule has 2 N–H and O–H groups in total. The molecule has 1 atom stereocenters. The Bertz CT molecular complexity index is 608. The van der Waals surface area contributed by atoms with Crippen LogP contribution in [-0.2, 0) is 12.8 Å². The van der Waals surface area contributed by atoms with Crippen molar-refractivity contribution in [3.05, 3.63) is 41.2 Å². The number of aromatic nitrogens is 2. The lowest BCUT2D eigenvalue weighted by molar-refractivity contribution is 0.626. The smallest absolute Gasteiger partial charge is 0.0599 e. The minimum absolute atomic E-state index is 0.448. The van der Waals surface area contributed by atoms with Crippen LogP contribution < -0.4 is 5.32 Å². The van der Waals surface area contributed by atoms with Crippen molar-refractivity contribution in [1.82, 2.24) is 15.5 Å². The second kappa shape index (κ2) is 5.06. The van der Waals surface area contributed by atoms with E-state index in [1.165, 1.54) is 55.3 Å². The molecule has 20 heavy (non-hydrogen) atoms. The van der Waals surface area contributed by atoms with Crippen LogP contribution in [0.15, 0.2) is 24.4 Å². The first kappa shape index (κ1) is 12.2. The van der Waals surface area contributed by atoms with E-state index >= 15 is 0 Å². The summed E-state index contributed by atoms with van der Waals surface area (Å²) in [5, 5.41) is 11.1. The number of fused-ring (bicyclic) bond motifs is 1. The summed E-state index contributed by atoms with van der Waals surface area (Å²) in [6, 6.07) is 7.43. The van der Waals surface area contributed by atoms with Crippen molar-refractivity contribution in [2.45, 2.75) is 44.6 Å². The van der Waals surface area contributed by atoms with Crippen molar-refractivity contribution in [3.63, 3.8) is 0 Å². The SMILES string of the molecule is c1cc2c(cc1-c1cn[nH]c1C1CCCN1)CCCC2. The van der Waals surface area contributed by atoms with E-state index in [0.29, 0.717) is 6.04 Å². The van der Waals surface area contributed by atoms with Gasteiger partial charge in [0.2, 0.25) is 0 Å². The highest BCUT2D eigenvalue weighted by Gasteiger charge is 2.22. The second-order valence-corrected chi connectivity index (χ2v) is 6.04. The fraction of sp³-hybridized carbons (Fsp3) is 0.471. The molecule has 1 aliphatic carbocycles. The van der Waals surface area contributed by atoms with Crippen LogP contribution in [0.4, 0.5) is 0 Å². The summed E-state index contributed by atoms with van der Waals surface area (Å²) in [4.78, 5) is 0. The van der Waals surface area contributed by atoms with E-state index in [4.69, 9.17) is 0 Å². The molecule has 1 unspecified atom stereocenters. The third kappa shape index (κ3) is 2.06. The Morgan fingerprint density at radius 1 is 1.05 bits per heavy atom. The molecular weight excluding hydrogens is 246 g/mol. The fourth-order valence-corrected chi connectivity index (χ4v) is 3.62. The zero-order valence-electron chi connectivity index (χ0n) is 11.8. The van der Waals surface area contributed by atoms with Crippen LogP contribution >= 0.6 is 0 Å². The van der Waals surface area contributed by atoms with E-state index < -0.39 is 0 Å². The highest BCUT2D eigenvalue weighted by molar-refractivity contribution is 5.67. The third-order valence-corrected chi connectivity index (χ3v) is 4.74. The second-order valence-electron chi connectivity index (χ2n) is 6.04. The Morgan fingerprint density at radius 3 is 2.80 bits per heavy atom. The van der Waals surface area contributed by atoms with Crippen LogP contribution in [0.2, 0.25) is 0 Å². The molecule has 0 radical (unpaired) electrons. The van der Waals surface area contributed by atoms with Crippen molar-refractivity contribution in [3.8, 4) is 11.1 Å². The Kier molecular flexibility index (Phi) is 3.07. The van der Waals surface area contributed by atoms with Crippen molar-refractivity contribution < 1.29 is 0 Å². The predicted octanol–water partition coefficient (Wildman–Crippen LogP) is 3.38. The van der Waals surface area contributed by atoms with Gasteiger partial charge in [0.1, 0.15) is 0 Å². The number of nitrogens with zero attached hydrogens (tertiary/aromatic N) is 1. The van der Waals surface area contributed by atoms with Gasteiger partial charge in [0.15, 0.2) is 0 Å². The molecule has 2 aromatic rings. The Balaban J connectivity index is 1.72. The number of rotatable bonds is 2. The molecule has 4 rings (SSSR count). The molecule has 1 aliphatic heterocycles. The molecule has 1 aromatic carbocycles. The van der Waals surface area contributed by atoms with E-state index in [1.807, 2.05) is 6.20 Å². The first-order valence-electron chi connectivity index (χ1n) is 7.80. The maximum Gasteiger partial charge on any atom is 0.0599 e. The van der Waals surface area contributed by atoms with Gasteiger partial charge in [0, 0.05) is 11.6 Å². The van der Waals surface area contributed by atoms with Gasteiger partial charge < -0.3 is 5.32 Å². The molecule has 0 spiro atoms. The number of aryl methyl sites for hydroxylation is 2. The molecule has 2 aliphatic rings. The lowest BCUT2D eigenvalue weighted by Gasteiger charge is -2.17. The highest BCUT2D eigenvalue weighted by atomic mass is 15.1. The number of nitrogens with one attached hydrogen (secondary N) is 2. The first-order valence-corrected chi connectivity index (χ1v) is 7.80. The number of benzene rings is 1. The molecule has 1 fully saturated rings. The van der Waals surface area contributed by atoms with E-state index in [9.17, 15) is 0 Å². The van der Waals surface area contributed by atoms with Crippen molar-refractivity contribution in [2.24, 2.45) is 0 Å². The predicted molar refractivity (Wildman–Crippen MR) is 80.6 cm³/mol. The van der Waals surface area contributed by atoms with Gasteiger partial charge in [0.25, 0.3) is 0 Å². The standard InChI is InChI=1S/C17H21N3/c1-2-5-13-10-14(8-7-12(13)4-1)15-11-19-20-17(15)16-6-3-9-18-16/h7-8,10-11,16,18H,1-6,9H2,(H,19,20).